The first-order valence-electron chi connectivity index (χ1n) is 12.1. The first kappa shape index (κ1) is 22.2. The molecule has 35 heavy (non-hydrogen) atoms. The van der Waals surface area contributed by atoms with Crippen molar-refractivity contribution in [2.45, 2.75) is 64.1 Å². The monoisotopic (exact) mass is 480 g/mol. The van der Waals surface area contributed by atoms with Crippen molar-refractivity contribution in [1.29, 1.82) is 0 Å². The van der Waals surface area contributed by atoms with Crippen LogP contribution >= 0.6 is 0 Å². The highest BCUT2D eigenvalue weighted by Gasteiger charge is 2.56. The summed E-state index contributed by atoms with van der Waals surface area (Å²) in [7, 11) is 0. The maximum Gasteiger partial charge on any atom is 0.336 e. The molecule has 12 nitrogen and oxygen atoms in total. The van der Waals surface area contributed by atoms with Gasteiger partial charge in [-0.05, 0) is 68.0 Å². The highest BCUT2D eigenvalue weighted by molar-refractivity contribution is 5.94. The van der Waals surface area contributed by atoms with E-state index in [1.165, 1.54) is 11.0 Å². The van der Waals surface area contributed by atoms with E-state index in [2.05, 4.69) is 30.6 Å². The summed E-state index contributed by atoms with van der Waals surface area (Å²) in [5.41, 5.74) is 2.20. The zero-order valence-corrected chi connectivity index (χ0v) is 19.8. The molecule has 2 bridgehead atoms. The van der Waals surface area contributed by atoms with Crippen molar-refractivity contribution in [3.63, 3.8) is 0 Å². The van der Waals surface area contributed by atoms with Crippen LogP contribution in [-0.2, 0) is 14.3 Å². The summed E-state index contributed by atoms with van der Waals surface area (Å²) in [5, 5.41) is 30.6. The Balaban J connectivity index is 1.16. The summed E-state index contributed by atoms with van der Waals surface area (Å²) in [6.45, 7) is 4.88. The molecule has 0 saturated carbocycles. The van der Waals surface area contributed by atoms with Crippen LogP contribution in [0.5, 0.6) is 0 Å². The molecule has 12 heteroatoms. The van der Waals surface area contributed by atoms with E-state index in [-0.39, 0.29) is 30.6 Å². The number of hydrogen-bond acceptors (Lipinski definition) is 10. The minimum absolute atomic E-state index is 0.127. The van der Waals surface area contributed by atoms with Crippen LogP contribution in [0.2, 0.25) is 0 Å². The number of aryl methyl sites for hydroxylation is 1. The minimum Gasteiger partial charge on any atom is -0.456 e. The smallest absolute Gasteiger partial charge is 0.336 e. The Morgan fingerprint density at radius 2 is 1.97 bits per heavy atom. The van der Waals surface area contributed by atoms with Gasteiger partial charge in [0.2, 0.25) is 5.91 Å². The summed E-state index contributed by atoms with van der Waals surface area (Å²) in [5.74, 6) is 0.318. The Morgan fingerprint density at radius 1 is 1.20 bits per heavy atom. The fourth-order valence-electron chi connectivity index (χ4n) is 6.38. The number of ether oxygens (including phenoxy) is 1. The van der Waals surface area contributed by atoms with E-state index in [1.54, 1.807) is 11.8 Å². The van der Waals surface area contributed by atoms with Crippen LogP contribution in [0.3, 0.4) is 0 Å². The molecular formula is C23H28N8O4. The number of esters is 1. The number of aliphatic hydroxyl groups is 1. The van der Waals surface area contributed by atoms with E-state index in [4.69, 9.17) is 4.74 Å². The lowest BCUT2D eigenvalue weighted by Gasteiger charge is -2.44. The Bertz CT molecular complexity index is 1200. The van der Waals surface area contributed by atoms with Gasteiger partial charge >= 0.3 is 5.97 Å². The second kappa shape index (κ2) is 8.16. The summed E-state index contributed by atoms with van der Waals surface area (Å²) >= 11 is 0. The van der Waals surface area contributed by atoms with E-state index in [0.29, 0.717) is 30.2 Å². The van der Waals surface area contributed by atoms with Gasteiger partial charge in [0, 0.05) is 25.2 Å². The van der Waals surface area contributed by atoms with Crippen LogP contribution in [0, 0.1) is 12.3 Å². The average molecular weight is 481 g/mol. The number of amides is 1. The van der Waals surface area contributed by atoms with Gasteiger partial charge in [0.05, 0.1) is 22.4 Å². The number of fused-ring (bicyclic) bond motifs is 2. The molecule has 1 amide bonds. The van der Waals surface area contributed by atoms with Gasteiger partial charge in [-0.1, -0.05) is 0 Å². The average Bonchev–Trinajstić information content (AvgIpc) is 3.60. The van der Waals surface area contributed by atoms with Crippen LogP contribution in [0.4, 0.5) is 0 Å². The highest BCUT2D eigenvalue weighted by Crippen LogP contribution is 2.52. The third kappa shape index (κ3) is 3.54. The van der Waals surface area contributed by atoms with Crippen LogP contribution in [-0.4, -0.2) is 89.0 Å². The number of hydrogen-bond donors (Lipinski definition) is 1. The van der Waals surface area contributed by atoms with Gasteiger partial charge in [0.15, 0.2) is 5.82 Å². The van der Waals surface area contributed by atoms with Crippen LogP contribution in [0.25, 0.3) is 5.82 Å². The van der Waals surface area contributed by atoms with Crippen molar-refractivity contribution >= 4 is 11.9 Å². The van der Waals surface area contributed by atoms with Crippen LogP contribution in [0.1, 0.15) is 56.4 Å². The summed E-state index contributed by atoms with van der Waals surface area (Å²) < 4.78 is 6.58. The third-order valence-electron chi connectivity index (χ3n) is 8.21. The Morgan fingerprint density at radius 3 is 2.60 bits per heavy atom. The Kier molecular flexibility index (Phi) is 5.18. The first-order chi connectivity index (χ1) is 16.9. The van der Waals surface area contributed by atoms with Crippen molar-refractivity contribution in [2.24, 2.45) is 5.41 Å². The summed E-state index contributed by atoms with van der Waals surface area (Å²) in [6.07, 6.45) is 5.04. The largest absolute Gasteiger partial charge is 0.456 e. The van der Waals surface area contributed by atoms with E-state index in [0.717, 1.165) is 43.4 Å². The quantitative estimate of drug-likeness (QED) is 0.601. The Hall–Kier alpha value is -3.25. The van der Waals surface area contributed by atoms with Gasteiger partial charge in [-0.15, -0.1) is 10.2 Å². The van der Waals surface area contributed by atoms with Crippen molar-refractivity contribution in [3.8, 4) is 5.82 Å². The molecular weight excluding hydrogens is 452 g/mol. The van der Waals surface area contributed by atoms with Gasteiger partial charge in [0.1, 0.15) is 19.0 Å². The summed E-state index contributed by atoms with van der Waals surface area (Å²) in [6, 6.07) is 2.29. The van der Waals surface area contributed by atoms with E-state index >= 15 is 0 Å². The topological polar surface area (TPSA) is 139 Å². The predicted octanol–water partition coefficient (Wildman–Crippen LogP) is 0.470. The van der Waals surface area contributed by atoms with Gasteiger partial charge in [-0.25, -0.2) is 4.79 Å². The van der Waals surface area contributed by atoms with Crippen LogP contribution < -0.4 is 0 Å². The number of aromatic nitrogens is 6. The van der Waals surface area contributed by atoms with Crippen molar-refractivity contribution in [2.75, 3.05) is 19.7 Å². The molecule has 3 fully saturated rings. The van der Waals surface area contributed by atoms with Gasteiger partial charge in [-0.3, -0.25) is 9.69 Å². The number of carbonyl (C=O) groups is 2. The standard InChI is InChI=1S/C23H28N8O4/c1-13-7-17(25-26-20(13)31-12-24-27-28-31)19(32)10-30-15-3-4-16(30)9-23(8-15)5-6-29(22(23)34)18-11-35-21(33)14(18)2/h7,12,15-16,19,32H,3-6,8-11H2,1-2H3/t15-,16-,19?/m1/s1. The number of likely N-dealkylation sites (tertiary alicyclic amines) is 1. The molecule has 0 aliphatic carbocycles. The van der Waals surface area contributed by atoms with E-state index in [1.807, 2.05) is 13.0 Å². The van der Waals surface area contributed by atoms with Gasteiger partial charge < -0.3 is 14.7 Å². The molecule has 0 aromatic carbocycles. The lowest BCUT2D eigenvalue weighted by molar-refractivity contribution is -0.140. The molecule has 4 aliphatic heterocycles. The fourth-order valence-corrected chi connectivity index (χ4v) is 6.38. The van der Waals surface area contributed by atoms with E-state index < -0.39 is 11.5 Å². The molecule has 6 rings (SSSR count). The zero-order valence-electron chi connectivity index (χ0n) is 19.8. The maximum atomic E-state index is 13.6. The number of nitrogens with zero attached hydrogens (tertiary/aromatic N) is 8. The van der Waals surface area contributed by atoms with Crippen molar-refractivity contribution in [1.82, 2.24) is 40.2 Å². The lowest BCUT2D eigenvalue weighted by Crippen LogP contribution is -2.51. The maximum absolute atomic E-state index is 13.6. The van der Waals surface area contributed by atoms with Gasteiger partial charge in [-0.2, -0.15) is 9.78 Å². The molecule has 1 unspecified atom stereocenters. The van der Waals surface area contributed by atoms with Crippen molar-refractivity contribution < 1.29 is 19.4 Å². The van der Waals surface area contributed by atoms with E-state index in [9.17, 15) is 14.7 Å². The zero-order chi connectivity index (χ0) is 24.3. The second-order valence-electron chi connectivity index (χ2n) is 10.2. The second-order valence-corrected chi connectivity index (χ2v) is 10.2. The fraction of sp³-hybridized carbons (Fsp3) is 0.609. The first-order valence-corrected chi connectivity index (χ1v) is 12.1. The molecule has 2 aromatic rings. The number of rotatable bonds is 5. The Labute approximate surface area is 201 Å². The molecule has 1 spiro atoms. The SMILES string of the molecule is CC1=C(N2CCC3(C[C@H]4CC[C@H](C3)N4CC(O)c3cc(C)c(-n4cnnn4)nn3)C2=O)COC1=O. The molecule has 184 valence electrons. The molecule has 4 aliphatic rings. The molecule has 0 radical (unpaired) electrons. The number of cyclic esters (lactones) is 1. The molecule has 1 N–H and O–H groups in total. The number of carbonyl (C=O) groups excluding carboxylic acids is 2. The lowest BCUT2D eigenvalue weighted by atomic mass is 9.73. The normalized spacial score (nSPS) is 29.5. The third-order valence-corrected chi connectivity index (χ3v) is 8.21. The summed E-state index contributed by atoms with van der Waals surface area (Å²) in [4.78, 5) is 29.5. The predicted molar refractivity (Wildman–Crippen MR) is 120 cm³/mol. The highest BCUT2D eigenvalue weighted by atomic mass is 16.5. The molecule has 3 atom stereocenters. The minimum atomic E-state index is -0.786. The number of aliphatic hydroxyl groups excluding tert-OH is 1. The number of piperidine rings is 1. The van der Waals surface area contributed by atoms with Crippen LogP contribution in [0.15, 0.2) is 23.7 Å². The van der Waals surface area contributed by atoms with Gasteiger partial charge in [0.25, 0.3) is 0 Å². The van der Waals surface area contributed by atoms with Crippen molar-refractivity contribution in [3.05, 3.63) is 34.9 Å². The molecule has 6 heterocycles. The number of tetrazole rings is 1. The molecule has 3 saturated heterocycles. The molecule has 2 aromatic heterocycles.